The summed E-state index contributed by atoms with van der Waals surface area (Å²) in [6.45, 7) is 3.02. The number of likely N-dealkylation sites (tertiary alicyclic amines) is 1. The van der Waals surface area contributed by atoms with E-state index in [0.717, 1.165) is 43.4 Å². The van der Waals surface area contributed by atoms with Crippen LogP contribution < -0.4 is 16.5 Å². The summed E-state index contributed by atoms with van der Waals surface area (Å²) in [7, 11) is 0. The zero-order valence-corrected chi connectivity index (χ0v) is 11.0. The van der Waals surface area contributed by atoms with Crippen LogP contribution in [0.2, 0.25) is 0 Å². The zero-order valence-electron chi connectivity index (χ0n) is 11.0. The van der Waals surface area contributed by atoms with Crippen molar-refractivity contribution in [2.45, 2.75) is 25.4 Å². The van der Waals surface area contributed by atoms with E-state index in [0.29, 0.717) is 11.9 Å². The van der Waals surface area contributed by atoms with E-state index >= 15 is 0 Å². The van der Waals surface area contributed by atoms with Gasteiger partial charge in [-0.1, -0.05) is 12.1 Å². The maximum atomic E-state index is 6.05. The van der Waals surface area contributed by atoms with Crippen LogP contribution in [0.1, 0.15) is 18.4 Å². The van der Waals surface area contributed by atoms with Gasteiger partial charge in [0.25, 0.3) is 0 Å². The number of fused-ring (bicyclic) bond motifs is 1. The molecule has 0 atom stereocenters. The van der Waals surface area contributed by atoms with Gasteiger partial charge in [-0.3, -0.25) is 4.90 Å². The molecule has 1 aromatic heterocycles. The van der Waals surface area contributed by atoms with Crippen molar-refractivity contribution in [3.63, 3.8) is 0 Å². The standard InChI is InChI=1S/C14H19N5/c15-11-4-6-19(7-5-11)8-10-2-1-3-12-13(10)14(16)18-9-17-12/h1-3,9,11H,4-8,15H2,(H2,16,17,18)/p+1. The number of hydrogen-bond donors (Lipinski definition) is 2. The number of H-pyrrole nitrogens is 1. The first kappa shape index (κ1) is 12.3. The van der Waals surface area contributed by atoms with Gasteiger partial charge in [0.1, 0.15) is 0 Å². The Hall–Kier alpha value is -1.72. The van der Waals surface area contributed by atoms with E-state index in [-0.39, 0.29) is 0 Å². The molecule has 0 saturated carbocycles. The summed E-state index contributed by atoms with van der Waals surface area (Å²) in [5.41, 5.74) is 14.2. The van der Waals surface area contributed by atoms with Gasteiger partial charge in [-0.2, -0.15) is 0 Å². The Morgan fingerprint density at radius 2 is 2.11 bits per heavy atom. The second-order valence-corrected chi connectivity index (χ2v) is 5.24. The Labute approximate surface area is 112 Å². The number of nitrogens with zero attached hydrogens (tertiary/aromatic N) is 2. The van der Waals surface area contributed by atoms with Crippen LogP contribution in [-0.2, 0) is 6.54 Å². The fourth-order valence-electron chi connectivity index (χ4n) is 2.73. The number of nitrogens with one attached hydrogen (secondary N) is 1. The lowest BCUT2D eigenvalue weighted by atomic mass is 10.0. The zero-order chi connectivity index (χ0) is 13.2. The van der Waals surface area contributed by atoms with Crippen molar-refractivity contribution < 1.29 is 4.98 Å². The van der Waals surface area contributed by atoms with Crippen LogP contribution in [-0.4, -0.2) is 29.0 Å². The van der Waals surface area contributed by atoms with Gasteiger partial charge < -0.3 is 11.5 Å². The van der Waals surface area contributed by atoms with E-state index in [9.17, 15) is 0 Å². The van der Waals surface area contributed by atoms with Gasteiger partial charge in [0, 0.05) is 12.6 Å². The first-order valence-electron chi connectivity index (χ1n) is 6.76. The minimum atomic E-state index is 0.365. The number of rotatable bonds is 2. The molecule has 0 bridgehead atoms. The Balaban J connectivity index is 1.88. The molecule has 1 aromatic carbocycles. The Morgan fingerprint density at radius 3 is 2.89 bits per heavy atom. The Morgan fingerprint density at radius 1 is 1.32 bits per heavy atom. The molecule has 3 rings (SSSR count). The number of hydrogen-bond acceptors (Lipinski definition) is 4. The van der Waals surface area contributed by atoms with Crippen LogP contribution in [0.4, 0.5) is 5.82 Å². The second kappa shape index (κ2) is 5.11. The quantitative estimate of drug-likeness (QED) is 0.824. The van der Waals surface area contributed by atoms with Crippen molar-refractivity contribution in [3.8, 4) is 0 Å². The average molecular weight is 258 g/mol. The fourth-order valence-corrected chi connectivity index (χ4v) is 2.73. The molecule has 1 aliphatic heterocycles. The van der Waals surface area contributed by atoms with E-state index in [4.69, 9.17) is 11.5 Å². The Kier molecular flexibility index (Phi) is 3.31. The van der Waals surface area contributed by atoms with Gasteiger partial charge >= 0.3 is 0 Å². The maximum Gasteiger partial charge on any atom is 0.227 e. The van der Waals surface area contributed by atoms with E-state index < -0.39 is 0 Å². The fraction of sp³-hybridized carbons (Fsp3) is 0.429. The molecule has 2 aromatic rings. The van der Waals surface area contributed by atoms with Crippen LogP contribution in [0.3, 0.4) is 0 Å². The molecule has 0 radical (unpaired) electrons. The highest BCUT2D eigenvalue weighted by Gasteiger charge is 2.18. The molecular formula is C14H20N5+. The van der Waals surface area contributed by atoms with Crippen LogP contribution in [0.15, 0.2) is 24.5 Å². The van der Waals surface area contributed by atoms with Gasteiger partial charge in [-0.05, 0) is 37.6 Å². The SMILES string of the molecule is Nc1[nH+]cnc2cccc(CN3CCC(N)CC3)c12. The number of piperidine rings is 1. The summed E-state index contributed by atoms with van der Waals surface area (Å²) in [5.74, 6) is 0.689. The van der Waals surface area contributed by atoms with Crippen molar-refractivity contribution in [1.29, 1.82) is 0 Å². The highest BCUT2D eigenvalue weighted by atomic mass is 15.1. The lowest BCUT2D eigenvalue weighted by Gasteiger charge is -2.30. The van der Waals surface area contributed by atoms with Crippen molar-refractivity contribution in [2.75, 3.05) is 18.8 Å². The van der Waals surface area contributed by atoms with Gasteiger partial charge in [0.15, 0.2) is 5.52 Å². The Bertz CT molecular complexity index is 570. The number of nitrogen functional groups attached to an aromatic ring is 1. The predicted octanol–water partition coefficient (Wildman–Crippen LogP) is 0.554. The van der Waals surface area contributed by atoms with Crippen molar-refractivity contribution in [1.82, 2.24) is 9.88 Å². The second-order valence-electron chi connectivity index (χ2n) is 5.24. The summed E-state index contributed by atoms with van der Waals surface area (Å²) in [4.78, 5) is 9.76. The summed E-state index contributed by atoms with van der Waals surface area (Å²) >= 11 is 0. The molecule has 1 saturated heterocycles. The maximum absolute atomic E-state index is 6.05. The van der Waals surface area contributed by atoms with Crippen molar-refractivity contribution >= 4 is 16.7 Å². The van der Waals surface area contributed by atoms with Crippen molar-refractivity contribution in [3.05, 3.63) is 30.1 Å². The summed E-state index contributed by atoms with van der Waals surface area (Å²) < 4.78 is 0. The molecule has 1 aliphatic rings. The van der Waals surface area contributed by atoms with E-state index in [1.807, 2.05) is 12.1 Å². The highest BCUT2D eigenvalue weighted by molar-refractivity contribution is 5.89. The van der Waals surface area contributed by atoms with Crippen LogP contribution in [0.5, 0.6) is 0 Å². The number of aromatic amines is 1. The first-order chi connectivity index (χ1) is 9.24. The summed E-state index contributed by atoms with van der Waals surface area (Å²) in [6.07, 6.45) is 3.79. The topological polar surface area (TPSA) is 82.3 Å². The number of anilines is 1. The molecule has 100 valence electrons. The molecular weight excluding hydrogens is 238 g/mol. The van der Waals surface area contributed by atoms with Crippen molar-refractivity contribution in [2.24, 2.45) is 5.73 Å². The van der Waals surface area contributed by atoms with Gasteiger partial charge in [0.2, 0.25) is 12.1 Å². The predicted molar refractivity (Wildman–Crippen MR) is 75.2 cm³/mol. The average Bonchev–Trinajstić information content (AvgIpc) is 2.42. The van der Waals surface area contributed by atoms with Gasteiger partial charge in [0.05, 0.1) is 5.39 Å². The molecule has 0 amide bonds. The molecule has 0 unspecified atom stereocenters. The molecule has 0 spiro atoms. The first-order valence-corrected chi connectivity index (χ1v) is 6.76. The molecule has 5 N–H and O–H groups in total. The molecule has 1 fully saturated rings. The lowest BCUT2D eigenvalue weighted by Crippen LogP contribution is -2.39. The monoisotopic (exact) mass is 258 g/mol. The molecule has 0 aliphatic carbocycles. The van der Waals surface area contributed by atoms with Crippen LogP contribution in [0.25, 0.3) is 10.9 Å². The normalized spacial score (nSPS) is 17.9. The molecule has 19 heavy (non-hydrogen) atoms. The summed E-state index contributed by atoms with van der Waals surface area (Å²) in [5, 5.41) is 1.04. The molecule has 5 heteroatoms. The van der Waals surface area contributed by atoms with Gasteiger partial charge in [-0.15, -0.1) is 4.98 Å². The molecule has 2 heterocycles. The number of nitrogens with two attached hydrogens (primary N) is 2. The van der Waals surface area contributed by atoms with Crippen LogP contribution in [0, 0.1) is 0 Å². The minimum absolute atomic E-state index is 0.365. The third kappa shape index (κ3) is 2.52. The minimum Gasteiger partial charge on any atom is -0.328 e. The van der Waals surface area contributed by atoms with Gasteiger partial charge in [-0.25, -0.2) is 4.98 Å². The van der Waals surface area contributed by atoms with Crippen LogP contribution >= 0.6 is 0 Å². The summed E-state index contributed by atoms with van der Waals surface area (Å²) in [6, 6.07) is 6.53. The largest absolute Gasteiger partial charge is 0.328 e. The molecule has 5 nitrogen and oxygen atoms in total. The third-order valence-electron chi connectivity index (χ3n) is 3.85. The van der Waals surface area contributed by atoms with E-state index in [2.05, 4.69) is 20.9 Å². The lowest BCUT2D eigenvalue weighted by molar-refractivity contribution is -0.363. The number of benzene rings is 1. The smallest absolute Gasteiger partial charge is 0.227 e. The highest BCUT2D eigenvalue weighted by Crippen LogP contribution is 2.22. The van der Waals surface area contributed by atoms with E-state index in [1.165, 1.54) is 5.56 Å². The number of aromatic nitrogens is 2. The third-order valence-corrected chi connectivity index (χ3v) is 3.85. The van der Waals surface area contributed by atoms with E-state index in [1.54, 1.807) is 6.33 Å².